The maximum absolute atomic E-state index is 13.3. The average molecular weight is 266 g/mol. The van der Waals surface area contributed by atoms with Gasteiger partial charge in [0.05, 0.1) is 6.42 Å². The highest BCUT2D eigenvalue weighted by atomic mass is 35.5. The van der Waals surface area contributed by atoms with E-state index in [9.17, 15) is 9.18 Å². The van der Waals surface area contributed by atoms with Crippen molar-refractivity contribution in [2.75, 3.05) is 5.32 Å². The molecule has 0 fully saturated rings. The molecule has 1 amide bonds. The van der Waals surface area contributed by atoms with Gasteiger partial charge in [0, 0.05) is 6.20 Å². The minimum atomic E-state index is -0.409. The summed E-state index contributed by atoms with van der Waals surface area (Å²) in [5.74, 6) is -0.487. The summed E-state index contributed by atoms with van der Waals surface area (Å²) in [5.41, 5.74) is 0.329. The van der Waals surface area contributed by atoms with Crippen molar-refractivity contribution in [1.29, 1.82) is 0 Å². The topological polar surface area (TPSA) is 54.9 Å². The summed E-state index contributed by atoms with van der Waals surface area (Å²) in [4.78, 5) is 19.2. The van der Waals surface area contributed by atoms with Crippen LogP contribution in [0, 0.1) is 5.82 Å². The third-order valence-electron chi connectivity index (χ3n) is 2.20. The number of rotatable bonds is 3. The van der Waals surface area contributed by atoms with Crippen molar-refractivity contribution in [3.05, 3.63) is 53.2 Å². The molecule has 4 nitrogen and oxygen atoms in total. The van der Waals surface area contributed by atoms with Crippen LogP contribution in [-0.4, -0.2) is 15.9 Å². The molecule has 6 heteroatoms. The number of benzene rings is 1. The van der Waals surface area contributed by atoms with Gasteiger partial charge in [0.15, 0.2) is 0 Å². The summed E-state index contributed by atoms with van der Waals surface area (Å²) < 4.78 is 13.3. The van der Waals surface area contributed by atoms with Gasteiger partial charge in [-0.05, 0) is 29.3 Å². The quantitative estimate of drug-likeness (QED) is 0.868. The van der Waals surface area contributed by atoms with Crippen LogP contribution in [0.15, 0.2) is 36.5 Å². The summed E-state index contributed by atoms with van der Waals surface area (Å²) >= 11 is 5.58. The van der Waals surface area contributed by atoms with E-state index in [1.807, 2.05) is 0 Å². The normalized spacial score (nSPS) is 10.1. The van der Waals surface area contributed by atoms with Gasteiger partial charge in [-0.15, -0.1) is 0 Å². The molecule has 2 aromatic rings. The maximum atomic E-state index is 13.3. The molecular formula is C12H9ClFN3O. The molecule has 0 atom stereocenters. The Balaban J connectivity index is 2.03. The van der Waals surface area contributed by atoms with Crippen molar-refractivity contribution in [3.8, 4) is 0 Å². The molecule has 0 saturated carbocycles. The average Bonchev–Trinajstić information content (AvgIpc) is 2.32. The van der Waals surface area contributed by atoms with Gasteiger partial charge in [0.2, 0.25) is 11.2 Å². The lowest BCUT2D eigenvalue weighted by Gasteiger charge is -2.05. The first-order valence-corrected chi connectivity index (χ1v) is 5.55. The van der Waals surface area contributed by atoms with Gasteiger partial charge in [-0.3, -0.25) is 4.79 Å². The molecule has 0 aliphatic rings. The van der Waals surface area contributed by atoms with E-state index in [0.29, 0.717) is 5.56 Å². The molecule has 0 bridgehead atoms. The number of hydrogen-bond donors (Lipinski definition) is 1. The second kappa shape index (κ2) is 5.55. The standard InChI is InChI=1S/C12H9ClFN3O/c13-12-15-6-5-10(17-12)16-11(18)7-8-3-1-2-4-9(8)14/h1-6H,7H2,(H,15,16,17,18). The van der Waals surface area contributed by atoms with E-state index in [2.05, 4.69) is 15.3 Å². The van der Waals surface area contributed by atoms with Crippen LogP contribution in [0.3, 0.4) is 0 Å². The van der Waals surface area contributed by atoms with Crippen LogP contribution in [0.4, 0.5) is 10.2 Å². The van der Waals surface area contributed by atoms with Gasteiger partial charge < -0.3 is 5.32 Å². The number of halogens is 2. The van der Waals surface area contributed by atoms with E-state index in [1.54, 1.807) is 18.2 Å². The smallest absolute Gasteiger partial charge is 0.230 e. The van der Waals surface area contributed by atoms with Crippen LogP contribution >= 0.6 is 11.6 Å². The lowest BCUT2D eigenvalue weighted by molar-refractivity contribution is -0.115. The highest BCUT2D eigenvalue weighted by Gasteiger charge is 2.08. The molecule has 0 aliphatic heterocycles. The number of anilines is 1. The largest absolute Gasteiger partial charge is 0.310 e. The molecule has 0 aliphatic carbocycles. The van der Waals surface area contributed by atoms with E-state index in [1.165, 1.54) is 18.3 Å². The Morgan fingerprint density at radius 3 is 2.83 bits per heavy atom. The van der Waals surface area contributed by atoms with Crippen molar-refractivity contribution in [3.63, 3.8) is 0 Å². The summed E-state index contributed by atoms with van der Waals surface area (Å²) in [7, 11) is 0. The minimum absolute atomic E-state index is 0.0405. The Labute approximate surface area is 108 Å². The van der Waals surface area contributed by atoms with Crippen molar-refractivity contribution in [1.82, 2.24) is 9.97 Å². The fraction of sp³-hybridized carbons (Fsp3) is 0.0833. The highest BCUT2D eigenvalue weighted by Crippen LogP contribution is 2.10. The number of carbonyl (C=O) groups is 1. The molecule has 1 N–H and O–H groups in total. The molecule has 0 radical (unpaired) electrons. The Morgan fingerprint density at radius 1 is 1.33 bits per heavy atom. The molecule has 0 saturated heterocycles. The zero-order chi connectivity index (χ0) is 13.0. The molecule has 0 spiro atoms. The zero-order valence-corrected chi connectivity index (χ0v) is 9.99. The molecule has 0 unspecified atom stereocenters. The third-order valence-corrected chi connectivity index (χ3v) is 2.38. The van der Waals surface area contributed by atoms with E-state index < -0.39 is 5.82 Å². The summed E-state index contributed by atoms with van der Waals surface area (Å²) in [6.07, 6.45) is 1.36. The number of hydrogen-bond acceptors (Lipinski definition) is 3. The zero-order valence-electron chi connectivity index (χ0n) is 9.23. The van der Waals surface area contributed by atoms with Crippen LogP contribution in [0.25, 0.3) is 0 Å². The molecule has 2 rings (SSSR count). The lowest BCUT2D eigenvalue weighted by atomic mass is 10.1. The summed E-state index contributed by atoms with van der Waals surface area (Å²) in [6.45, 7) is 0. The Kier molecular flexibility index (Phi) is 3.84. The molecule has 18 heavy (non-hydrogen) atoms. The van der Waals surface area contributed by atoms with Gasteiger partial charge in [0.1, 0.15) is 11.6 Å². The molecule has 1 aromatic heterocycles. The monoisotopic (exact) mass is 265 g/mol. The van der Waals surface area contributed by atoms with Crippen LogP contribution in [-0.2, 0) is 11.2 Å². The Bertz CT molecular complexity index is 577. The van der Waals surface area contributed by atoms with E-state index in [-0.39, 0.29) is 23.4 Å². The molecular weight excluding hydrogens is 257 g/mol. The maximum Gasteiger partial charge on any atom is 0.230 e. The first kappa shape index (κ1) is 12.4. The summed E-state index contributed by atoms with van der Waals surface area (Å²) in [6, 6.07) is 7.62. The van der Waals surface area contributed by atoms with Crippen molar-refractivity contribution in [2.24, 2.45) is 0 Å². The number of nitrogens with one attached hydrogen (secondary N) is 1. The fourth-order valence-electron chi connectivity index (χ4n) is 1.41. The van der Waals surface area contributed by atoms with Crippen LogP contribution in [0.1, 0.15) is 5.56 Å². The first-order valence-electron chi connectivity index (χ1n) is 5.17. The van der Waals surface area contributed by atoms with Gasteiger partial charge in [-0.25, -0.2) is 14.4 Å². The lowest BCUT2D eigenvalue weighted by Crippen LogP contribution is -2.16. The van der Waals surface area contributed by atoms with Gasteiger partial charge >= 0.3 is 0 Å². The van der Waals surface area contributed by atoms with Gasteiger partial charge in [-0.2, -0.15) is 0 Å². The van der Waals surface area contributed by atoms with E-state index >= 15 is 0 Å². The van der Waals surface area contributed by atoms with Crippen molar-refractivity contribution >= 4 is 23.3 Å². The van der Waals surface area contributed by atoms with Crippen LogP contribution < -0.4 is 5.32 Å². The van der Waals surface area contributed by atoms with Gasteiger partial charge in [-0.1, -0.05) is 18.2 Å². The Morgan fingerprint density at radius 2 is 2.11 bits per heavy atom. The molecule has 1 aromatic carbocycles. The molecule has 1 heterocycles. The highest BCUT2D eigenvalue weighted by molar-refractivity contribution is 6.28. The summed E-state index contributed by atoms with van der Waals surface area (Å²) in [5, 5.41) is 2.56. The third kappa shape index (κ3) is 3.24. The number of carbonyl (C=O) groups excluding carboxylic acids is 1. The molecule has 92 valence electrons. The number of nitrogens with zero attached hydrogens (tertiary/aromatic N) is 2. The van der Waals surface area contributed by atoms with E-state index in [0.717, 1.165) is 0 Å². The Hall–Kier alpha value is -2.01. The number of aromatic nitrogens is 2. The first-order chi connectivity index (χ1) is 8.65. The van der Waals surface area contributed by atoms with Crippen molar-refractivity contribution < 1.29 is 9.18 Å². The second-order valence-electron chi connectivity index (χ2n) is 3.53. The minimum Gasteiger partial charge on any atom is -0.310 e. The predicted molar refractivity (Wildman–Crippen MR) is 65.8 cm³/mol. The van der Waals surface area contributed by atoms with E-state index in [4.69, 9.17) is 11.6 Å². The SMILES string of the molecule is O=C(Cc1ccccc1F)Nc1ccnc(Cl)n1. The second-order valence-corrected chi connectivity index (χ2v) is 3.87. The predicted octanol–water partition coefficient (Wildman–Crippen LogP) is 2.45. The van der Waals surface area contributed by atoms with Crippen molar-refractivity contribution in [2.45, 2.75) is 6.42 Å². The van der Waals surface area contributed by atoms with Crippen LogP contribution in [0.2, 0.25) is 5.28 Å². The van der Waals surface area contributed by atoms with Gasteiger partial charge in [0.25, 0.3) is 0 Å². The number of amides is 1. The van der Waals surface area contributed by atoms with Crippen LogP contribution in [0.5, 0.6) is 0 Å². The fourth-order valence-corrected chi connectivity index (χ4v) is 1.55.